The lowest BCUT2D eigenvalue weighted by atomic mass is 9.79. The number of amides is 2. The van der Waals surface area contributed by atoms with Crippen molar-refractivity contribution in [2.45, 2.75) is 31.7 Å². The average molecular weight is 429 g/mol. The van der Waals surface area contributed by atoms with E-state index in [2.05, 4.69) is 19.2 Å². The molecule has 5 nitrogen and oxygen atoms in total. The Labute approximate surface area is 189 Å². The first-order chi connectivity index (χ1) is 15.4. The molecule has 3 aromatic rings. The number of hydrogen-bond donors (Lipinski definition) is 1. The standard InChI is InChI=1S/C27H28N2O3/c1-17(2)18-9-13-20(14-10-18)28-26(30)24-22-7-5-6-8-23(22)27(31)29(3)25(24)19-11-15-21(32-4)16-12-19/h5-17,24-25H,1-4H3,(H,28,30)/t24-,25-/m0/s1. The second-order valence-corrected chi connectivity index (χ2v) is 8.46. The van der Waals surface area contributed by atoms with Crippen LogP contribution in [0.25, 0.3) is 0 Å². The number of fused-ring (bicyclic) bond motifs is 1. The maximum Gasteiger partial charge on any atom is 0.254 e. The molecule has 0 fully saturated rings. The summed E-state index contributed by atoms with van der Waals surface area (Å²) in [5.41, 5.74) is 4.15. The van der Waals surface area contributed by atoms with Crippen LogP contribution in [0.5, 0.6) is 5.75 Å². The van der Waals surface area contributed by atoms with Gasteiger partial charge in [0.25, 0.3) is 5.91 Å². The van der Waals surface area contributed by atoms with Gasteiger partial charge in [0.1, 0.15) is 5.75 Å². The lowest BCUT2D eigenvalue weighted by Crippen LogP contribution is -2.44. The first kappa shape index (κ1) is 21.6. The van der Waals surface area contributed by atoms with E-state index in [0.29, 0.717) is 11.5 Å². The molecular formula is C27H28N2O3. The number of methoxy groups -OCH3 is 1. The number of benzene rings is 3. The second kappa shape index (κ2) is 8.87. The van der Waals surface area contributed by atoms with Gasteiger partial charge in [-0.05, 0) is 52.9 Å². The zero-order valence-corrected chi connectivity index (χ0v) is 18.8. The van der Waals surface area contributed by atoms with Gasteiger partial charge < -0.3 is 15.0 Å². The number of carbonyl (C=O) groups is 2. The molecule has 2 atom stereocenters. The van der Waals surface area contributed by atoms with Crippen molar-refractivity contribution < 1.29 is 14.3 Å². The van der Waals surface area contributed by atoms with Crippen LogP contribution in [-0.4, -0.2) is 30.9 Å². The van der Waals surface area contributed by atoms with Crippen molar-refractivity contribution in [2.24, 2.45) is 0 Å². The summed E-state index contributed by atoms with van der Waals surface area (Å²) in [5, 5.41) is 3.07. The summed E-state index contributed by atoms with van der Waals surface area (Å²) in [5.74, 6) is 0.364. The van der Waals surface area contributed by atoms with Gasteiger partial charge >= 0.3 is 0 Å². The van der Waals surface area contributed by atoms with E-state index in [1.54, 1.807) is 25.1 Å². The summed E-state index contributed by atoms with van der Waals surface area (Å²) in [7, 11) is 3.37. The van der Waals surface area contributed by atoms with Gasteiger partial charge in [-0.1, -0.05) is 56.3 Å². The van der Waals surface area contributed by atoms with Crippen molar-refractivity contribution in [3.8, 4) is 5.75 Å². The number of likely N-dealkylation sites (N-methyl/N-ethyl adjacent to an activating group) is 1. The lowest BCUT2D eigenvalue weighted by molar-refractivity contribution is -0.119. The fourth-order valence-corrected chi connectivity index (χ4v) is 4.35. The maximum absolute atomic E-state index is 13.6. The highest BCUT2D eigenvalue weighted by Crippen LogP contribution is 2.42. The predicted octanol–water partition coefficient (Wildman–Crippen LogP) is 5.37. The fraction of sp³-hybridized carbons (Fsp3) is 0.259. The van der Waals surface area contributed by atoms with Crippen molar-refractivity contribution in [3.63, 3.8) is 0 Å². The van der Waals surface area contributed by atoms with Crippen molar-refractivity contribution in [1.82, 2.24) is 4.90 Å². The summed E-state index contributed by atoms with van der Waals surface area (Å²) in [6.07, 6.45) is 0. The number of rotatable bonds is 5. The van der Waals surface area contributed by atoms with Crippen LogP contribution in [0.4, 0.5) is 5.69 Å². The first-order valence-corrected chi connectivity index (χ1v) is 10.8. The molecule has 1 aliphatic heterocycles. The SMILES string of the molecule is COc1ccc([C@H]2[C@@H](C(=O)Nc3ccc(C(C)C)cc3)c3ccccc3C(=O)N2C)cc1. The van der Waals surface area contributed by atoms with Crippen LogP contribution in [0.1, 0.15) is 58.8 Å². The predicted molar refractivity (Wildman–Crippen MR) is 126 cm³/mol. The molecule has 4 rings (SSSR count). The molecule has 0 aromatic heterocycles. The maximum atomic E-state index is 13.6. The number of hydrogen-bond acceptors (Lipinski definition) is 3. The van der Waals surface area contributed by atoms with Crippen LogP contribution in [0.15, 0.2) is 72.8 Å². The Balaban J connectivity index is 1.74. The first-order valence-electron chi connectivity index (χ1n) is 10.8. The molecule has 1 heterocycles. The summed E-state index contributed by atoms with van der Waals surface area (Å²) in [6, 6.07) is 22.4. The molecule has 0 aliphatic carbocycles. The Kier molecular flexibility index (Phi) is 5.99. The summed E-state index contributed by atoms with van der Waals surface area (Å²) >= 11 is 0. The third-order valence-electron chi connectivity index (χ3n) is 6.16. The van der Waals surface area contributed by atoms with E-state index in [4.69, 9.17) is 4.74 Å². The molecule has 32 heavy (non-hydrogen) atoms. The van der Waals surface area contributed by atoms with E-state index < -0.39 is 12.0 Å². The third kappa shape index (κ3) is 3.98. The average Bonchev–Trinajstić information content (AvgIpc) is 2.81. The van der Waals surface area contributed by atoms with Gasteiger partial charge in [-0.2, -0.15) is 0 Å². The molecule has 164 valence electrons. The molecule has 0 radical (unpaired) electrons. The number of anilines is 1. The Hall–Kier alpha value is -3.60. The Bertz CT molecular complexity index is 1120. The number of carbonyl (C=O) groups excluding carboxylic acids is 2. The molecule has 2 amide bonds. The third-order valence-corrected chi connectivity index (χ3v) is 6.16. The quantitative estimate of drug-likeness (QED) is 0.595. The zero-order chi connectivity index (χ0) is 22.8. The largest absolute Gasteiger partial charge is 0.497 e. The fourth-order valence-electron chi connectivity index (χ4n) is 4.35. The number of nitrogens with one attached hydrogen (secondary N) is 1. The minimum absolute atomic E-state index is 0.0910. The normalized spacial score (nSPS) is 17.8. The lowest BCUT2D eigenvalue weighted by Gasteiger charge is -2.39. The van der Waals surface area contributed by atoms with Crippen LogP contribution in [-0.2, 0) is 4.79 Å². The van der Waals surface area contributed by atoms with Crippen LogP contribution >= 0.6 is 0 Å². The number of nitrogens with zero attached hydrogens (tertiary/aromatic N) is 1. The molecule has 1 aliphatic rings. The van der Waals surface area contributed by atoms with Gasteiger partial charge in [-0.25, -0.2) is 0 Å². The molecule has 5 heteroatoms. The van der Waals surface area contributed by atoms with Gasteiger partial charge in [-0.15, -0.1) is 0 Å². The zero-order valence-electron chi connectivity index (χ0n) is 18.8. The van der Waals surface area contributed by atoms with E-state index in [-0.39, 0.29) is 11.8 Å². The summed E-state index contributed by atoms with van der Waals surface area (Å²) < 4.78 is 5.28. The highest BCUT2D eigenvalue weighted by atomic mass is 16.5. The Morgan fingerprint density at radius 3 is 2.25 bits per heavy atom. The van der Waals surface area contributed by atoms with E-state index in [0.717, 1.165) is 22.6 Å². The van der Waals surface area contributed by atoms with Crippen molar-refractivity contribution in [2.75, 3.05) is 19.5 Å². The molecule has 0 bridgehead atoms. The van der Waals surface area contributed by atoms with E-state index >= 15 is 0 Å². The molecule has 0 spiro atoms. The molecular weight excluding hydrogens is 400 g/mol. The second-order valence-electron chi connectivity index (χ2n) is 8.46. The summed E-state index contributed by atoms with van der Waals surface area (Å²) in [4.78, 5) is 28.4. The van der Waals surface area contributed by atoms with Gasteiger partial charge in [0, 0.05) is 18.3 Å². The van der Waals surface area contributed by atoms with Gasteiger partial charge in [-0.3, -0.25) is 9.59 Å². The Morgan fingerprint density at radius 2 is 1.62 bits per heavy atom. The van der Waals surface area contributed by atoms with Crippen LogP contribution in [0.3, 0.4) is 0 Å². The van der Waals surface area contributed by atoms with Crippen molar-refractivity contribution in [1.29, 1.82) is 0 Å². The summed E-state index contributed by atoms with van der Waals surface area (Å²) in [6.45, 7) is 4.28. The monoisotopic (exact) mass is 428 g/mol. The molecule has 0 saturated heterocycles. The van der Waals surface area contributed by atoms with E-state index in [9.17, 15) is 9.59 Å². The van der Waals surface area contributed by atoms with E-state index in [1.165, 1.54) is 5.56 Å². The van der Waals surface area contributed by atoms with Gasteiger partial charge in [0.15, 0.2) is 0 Å². The Morgan fingerprint density at radius 1 is 0.969 bits per heavy atom. The highest BCUT2D eigenvalue weighted by Gasteiger charge is 2.42. The molecule has 3 aromatic carbocycles. The number of ether oxygens (including phenoxy) is 1. The smallest absolute Gasteiger partial charge is 0.254 e. The minimum Gasteiger partial charge on any atom is -0.497 e. The molecule has 0 unspecified atom stereocenters. The topological polar surface area (TPSA) is 58.6 Å². The highest BCUT2D eigenvalue weighted by molar-refractivity contribution is 6.04. The molecule has 1 N–H and O–H groups in total. The van der Waals surface area contributed by atoms with Gasteiger partial charge in [0.2, 0.25) is 5.91 Å². The minimum atomic E-state index is -0.549. The van der Waals surface area contributed by atoms with E-state index in [1.807, 2.05) is 66.7 Å². The van der Waals surface area contributed by atoms with Crippen LogP contribution in [0, 0.1) is 0 Å². The van der Waals surface area contributed by atoms with Crippen molar-refractivity contribution >= 4 is 17.5 Å². The van der Waals surface area contributed by atoms with Crippen LogP contribution in [0.2, 0.25) is 0 Å². The van der Waals surface area contributed by atoms with Crippen LogP contribution < -0.4 is 10.1 Å². The van der Waals surface area contributed by atoms with Crippen molar-refractivity contribution in [3.05, 3.63) is 95.1 Å². The molecule has 0 saturated carbocycles. The van der Waals surface area contributed by atoms with Gasteiger partial charge in [0.05, 0.1) is 19.1 Å².